The number of hydrazone groups is 1. The van der Waals surface area contributed by atoms with Gasteiger partial charge in [0.1, 0.15) is 18.2 Å². The normalized spacial score (nSPS) is 12.2. The van der Waals surface area contributed by atoms with Gasteiger partial charge in [-0.1, -0.05) is 28.1 Å². The van der Waals surface area contributed by atoms with Gasteiger partial charge >= 0.3 is 0 Å². The van der Waals surface area contributed by atoms with E-state index >= 15 is 0 Å². The largest absolute Gasteiger partial charge is 0.488 e. The van der Waals surface area contributed by atoms with Crippen molar-refractivity contribution in [3.8, 4) is 17.2 Å². The highest BCUT2D eigenvalue weighted by Crippen LogP contribution is 2.32. The minimum Gasteiger partial charge on any atom is -0.488 e. The molecular weight excluding hydrogens is 455 g/mol. The van der Waals surface area contributed by atoms with Crippen LogP contribution >= 0.6 is 15.9 Å². The van der Waals surface area contributed by atoms with Crippen molar-refractivity contribution in [2.45, 2.75) is 6.61 Å². The lowest BCUT2D eigenvalue weighted by Gasteiger charge is -2.10. The zero-order chi connectivity index (χ0) is 20.9. The molecule has 0 atom stereocenters. The number of nitrogens with zero attached hydrogens (tertiary/aromatic N) is 1. The van der Waals surface area contributed by atoms with Crippen LogP contribution in [0.15, 0.2) is 70.2 Å². The van der Waals surface area contributed by atoms with Crippen LogP contribution in [0.25, 0.3) is 0 Å². The highest BCUT2D eigenvalue weighted by atomic mass is 79.9. The molecule has 0 saturated heterocycles. The molecule has 1 N–H and O–H groups in total. The number of carbonyl (C=O) groups is 1. The maximum absolute atomic E-state index is 13.0. The van der Waals surface area contributed by atoms with E-state index in [2.05, 4.69) is 26.5 Å². The molecule has 152 valence electrons. The summed E-state index contributed by atoms with van der Waals surface area (Å²) < 4.78 is 30.2. The quantitative estimate of drug-likeness (QED) is 0.420. The zero-order valence-electron chi connectivity index (χ0n) is 15.6. The van der Waals surface area contributed by atoms with Gasteiger partial charge in [0.2, 0.25) is 6.79 Å². The van der Waals surface area contributed by atoms with E-state index in [1.54, 1.807) is 36.4 Å². The summed E-state index contributed by atoms with van der Waals surface area (Å²) in [6, 6.07) is 16.4. The second-order valence-corrected chi connectivity index (χ2v) is 7.28. The summed E-state index contributed by atoms with van der Waals surface area (Å²) in [5.74, 6) is 1.02. The van der Waals surface area contributed by atoms with Crippen molar-refractivity contribution in [3.63, 3.8) is 0 Å². The van der Waals surface area contributed by atoms with E-state index in [9.17, 15) is 9.18 Å². The Kier molecular flexibility index (Phi) is 5.94. The van der Waals surface area contributed by atoms with E-state index in [0.29, 0.717) is 28.4 Å². The molecule has 1 aliphatic rings. The molecule has 0 radical (unpaired) electrons. The van der Waals surface area contributed by atoms with Crippen LogP contribution in [0.4, 0.5) is 4.39 Å². The third kappa shape index (κ3) is 4.77. The molecule has 6 nitrogen and oxygen atoms in total. The van der Waals surface area contributed by atoms with Crippen LogP contribution in [0.3, 0.4) is 0 Å². The summed E-state index contributed by atoms with van der Waals surface area (Å²) in [6.45, 7) is 0.411. The van der Waals surface area contributed by atoms with Gasteiger partial charge in [0, 0.05) is 15.6 Å². The Morgan fingerprint density at radius 1 is 1.10 bits per heavy atom. The zero-order valence-corrected chi connectivity index (χ0v) is 17.2. The molecule has 1 aliphatic heterocycles. The van der Waals surface area contributed by atoms with Gasteiger partial charge in [0.25, 0.3) is 5.91 Å². The summed E-state index contributed by atoms with van der Waals surface area (Å²) in [5, 5.41) is 4.03. The van der Waals surface area contributed by atoms with E-state index in [1.807, 2.05) is 12.1 Å². The van der Waals surface area contributed by atoms with Crippen LogP contribution in [0.2, 0.25) is 0 Å². The van der Waals surface area contributed by atoms with Crippen molar-refractivity contribution in [2.24, 2.45) is 5.10 Å². The molecule has 0 aromatic heterocycles. The number of nitrogens with one attached hydrogen (secondary N) is 1. The Bertz CT molecular complexity index is 1100. The lowest BCUT2D eigenvalue weighted by Crippen LogP contribution is -2.17. The first-order chi connectivity index (χ1) is 14.6. The number of ether oxygens (including phenoxy) is 3. The van der Waals surface area contributed by atoms with Crippen molar-refractivity contribution in [2.75, 3.05) is 6.79 Å². The number of halogens is 2. The van der Waals surface area contributed by atoms with E-state index in [-0.39, 0.29) is 25.1 Å². The summed E-state index contributed by atoms with van der Waals surface area (Å²) >= 11 is 3.41. The maximum atomic E-state index is 13.0. The predicted molar refractivity (Wildman–Crippen MR) is 112 cm³/mol. The number of rotatable bonds is 6. The molecule has 30 heavy (non-hydrogen) atoms. The van der Waals surface area contributed by atoms with E-state index in [4.69, 9.17) is 14.2 Å². The molecule has 8 heteroatoms. The Labute approximate surface area is 180 Å². The maximum Gasteiger partial charge on any atom is 0.271 e. The fraction of sp³-hybridized carbons (Fsp3) is 0.0909. The monoisotopic (exact) mass is 470 g/mol. The number of hydrogen-bond acceptors (Lipinski definition) is 5. The first-order valence-electron chi connectivity index (χ1n) is 8.98. The first kappa shape index (κ1) is 19.9. The fourth-order valence-corrected chi connectivity index (χ4v) is 3.13. The lowest BCUT2D eigenvalue weighted by molar-refractivity contribution is 0.0954. The highest BCUT2D eigenvalue weighted by molar-refractivity contribution is 9.10. The third-order valence-electron chi connectivity index (χ3n) is 4.28. The van der Waals surface area contributed by atoms with Crippen LogP contribution in [-0.4, -0.2) is 18.9 Å². The van der Waals surface area contributed by atoms with Gasteiger partial charge in [0.05, 0.1) is 6.21 Å². The second-order valence-electron chi connectivity index (χ2n) is 6.36. The molecule has 1 amide bonds. The fourth-order valence-electron chi connectivity index (χ4n) is 2.76. The van der Waals surface area contributed by atoms with Crippen molar-refractivity contribution < 1.29 is 23.4 Å². The molecule has 0 aliphatic carbocycles. The Hall–Kier alpha value is -3.39. The van der Waals surface area contributed by atoms with Gasteiger partial charge in [-0.15, -0.1) is 0 Å². The molecular formula is C22H16BrFN2O4. The van der Waals surface area contributed by atoms with Gasteiger partial charge in [-0.25, -0.2) is 9.82 Å². The van der Waals surface area contributed by atoms with E-state index in [0.717, 1.165) is 10.0 Å². The third-order valence-corrected chi connectivity index (χ3v) is 4.78. The second kappa shape index (κ2) is 8.96. The Morgan fingerprint density at radius 3 is 2.73 bits per heavy atom. The molecule has 0 bridgehead atoms. The molecule has 3 aromatic rings. The predicted octanol–water partition coefficient (Wildman–Crippen LogP) is 4.66. The standard InChI is InChI=1S/C22H16BrFN2O4/c23-17-4-8-19(28-12-14-1-5-18(24)6-2-14)16(9-17)11-25-26-22(27)15-3-7-20-21(10-15)30-13-29-20/h1-11H,12-13H2,(H,26,27). The Morgan fingerprint density at radius 2 is 1.90 bits per heavy atom. The van der Waals surface area contributed by atoms with Crippen LogP contribution in [0, 0.1) is 5.82 Å². The molecule has 3 aromatic carbocycles. The number of amides is 1. The Balaban J connectivity index is 1.43. The smallest absolute Gasteiger partial charge is 0.271 e. The summed E-state index contributed by atoms with van der Waals surface area (Å²) in [5.41, 5.74) is 4.38. The summed E-state index contributed by atoms with van der Waals surface area (Å²) in [7, 11) is 0. The summed E-state index contributed by atoms with van der Waals surface area (Å²) in [4.78, 5) is 12.3. The average Bonchev–Trinajstić information content (AvgIpc) is 3.22. The van der Waals surface area contributed by atoms with Crippen molar-refractivity contribution in [1.29, 1.82) is 0 Å². The highest BCUT2D eigenvalue weighted by Gasteiger charge is 2.16. The lowest BCUT2D eigenvalue weighted by atomic mass is 10.2. The van der Waals surface area contributed by atoms with E-state index < -0.39 is 0 Å². The van der Waals surface area contributed by atoms with Gasteiger partial charge in [-0.2, -0.15) is 5.10 Å². The number of hydrogen-bond donors (Lipinski definition) is 1. The van der Waals surface area contributed by atoms with Crippen molar-refractivity contribution in [3.05, 3.63) is 87.6 Å². The molecule has 4 rings (SSSR count). The molecule has 0 saturated carbocycles. The molecule has 1 heterocycles. The van der Waals surface area contributed by atoms with E-state index in [1.165, 1.54) is 18.3 Å². The molecule has 0 unspecified atom stereocenters. The number of fused-ring (bicyclic) bond motifs is 1. The SMILES string of the molecule is O=C(NN=Cc1cc(Br)ccc1OCc1ccc(F)cc1)c1ccc2c(c1)OCO2. The van der Waals surface area contributed by atoms with Gasteiger partial charge in [-0.05, 0) is 54.1 Å². The molecule has 0 fully saturated rings. The minimum absolute atomic E-state index is 0.141. The van der Waals surface area contributed by atoms with Gasteiger partial charge in [0.15, 0.2) is 11.5 Å². The van der Waals surface area contributed by atoms with Crippen LogP contribution in [0.1, 0.15) is 21.5 Å². The minimum atomic E-state index is -0.381. The first-order valence-corrected chi connectivity index (χ1v) is 9.77. The van der Waals surface area contributed by atoms with Crippen LogP contribution in [-0.2, 0) is 6.61 Å². The summed E-state index contributed by atoms with van der Waals surface area (Å²) in [6.07, 6.45) is 1.50. The van der Waals surface area contributed by atoms with Crippen LogP contribution in [0.5, 0.6) is 17.2 Å². The molecule has 0 spiro atoms. The number of carbonyl (C=O) groups excluding carboxylic acids is 1. The number of benzene rings is 3. The van der Waals surface area contributed by atoms with Gasteiger partial charge in [-0.3, -0.25) is 4.79 Å². The van der Waals surface area contributed by atoms with Crippen LogP contribution < -0.4 is 19.6 Å². The topological polar surface area (TPSA) is 69.2 Å². The average molecular weight is 471 g/mol. The van der Waals surface area contributed by atoms with Gasteiger partial charge < -0.3 is 14.2 Å². The van der Waals surface area contributed by atoms with Crippen molar-refractivity contribution >= 4 is 28.1 Å². The van der Waals surface area contributed by atoms with Crippen molar-refractivity contribution in [1.82, 2.24) is 5.43 Å².